The van der Waals surface area contributed by atoms with Crippen LogP contribution in [0.4, 0.5) is 8.78 Å². The number of aromatic carboxylic acids is 1. The van der Waals surface area contributed by atoms with Gasteiger partial charge in [0.25, 0.3) is 5.91 Å². The van der Waals surface area contributed by atoms with Crippen molar-refractivity contribution in [3.05, 3.63) is 35.4 Å². The second-order valence-electron chi connectivity index (χ2n) is 4.57. The van der Waals surface area contributed by atoms with E-state index in [2.05, 4.69) is 0 Å². The van der Waals surface area contributed by atoms with Crippen molar-refractivity contribution in [2.24, 2.45) is 0 Å². The molecule has 0 spiro atoms. The minimum atomic E-state index is -4.53. The highest BCUT2D eigenvalue weighted by Gasteiger charge is 2.44. The van der Waals surface area contributed by atoms with Crippen LogP contribution >= 0.6 is 0 Å². The molecule has 1 aromatic carbocycles. The summed E-state index contributed by atoms with van der Waals surface area (Å²) in [5.41, 5.74) is -0.0130. The van der Waals surface area contributed by atoms with Crippen molar-refractivity contribution >= 4 is 21.7 Å². The molecule has 0 aromatic heterocycles. The number of halogens is 2. The van der Waals surface area contributed by atoms with Crippen LogP contribution in [0.15, 0.2) is 24.3 Å². The Labute approximate surface area is 118 Å². The highest BCUT2D eigenvalue weighted by molar-refractivity contribution is 7.92. The van der Waals surface area contributed by atoms with E-state index in [4.69, 9.17) is 5.11 Å². The number of carbonyl (C=O) groups excluding carboxylic acids is 1. The lowest BCUT2D eigenvalue weighted by atomic mass is 10.1. The van der Waals surface area contributed by atoms with Crippen LogP contribution in [0.1, 0.15) is 20.7 Å². The second-order valence-corrected chi connectivity index (χ2v) is 6.77. The number of carbonyl (C=O) groups is 2. The Morgan fingerprint density at radius 1 is 1.24 bits per heavy atom. The number of carboxylic acids is 1. The van der Waals surface area contributed by atoms with Crippen LogP contribution in [-0.2, 0) is 9.84 Å². The molecular formula is C12H11F2NO5S. The van der Waals surface area contributed by atoms with Crippen LogP contribution in [0, 0.1) is 0 Å². The maximum atomic E-state index is 12.3. The highest BCUT2D eigenvalue weighted by atomic mass is 32.2. The predicted molar refractivity (Wildman–Crippen MR) is 68.0 cm³/mol. The Morgan fingerprint density at radius 3 is 2.33 bits per heavy atom. The fourth-order valence-corrected chi connectivity index (χ4v) is 2.99. The Bertz CT molecular complexity index is 683. The molecule has 9 heteroatoms. The number of nitrogens with zero attached hydrogens (tertiary/aromatic N) is 1. The monoisotopic (exact) mass is 319 g/mol. The molecule has 1 aliphatic heterocycles. The molecule has 1 N–H and O–H groups in total. The molecular weight excluding hydrogens is 308 g/mol. The van der Waals surface area contributed by atoms with E-state index in [1.807, 2.05) is 0 Å². The number of benzene rings is 1. The smallest absolute Gasteiger partial charge is 0.337 e. The molecule has 0 aliphatic carbocycles. The van der Waals surface area contributed by atoms with Crippen LogP contribution in [0.3, 0.4) is 0 Å². The minimum Gasteiger partial charge on any atom is -0.478 e. The van der Waals surface area contributed by atoms with Gasteiger partial charge in [-0.3, -0.25) is 4.79 Å². The first-order valence-corrected chi connectivity index (χ1v) is 7.48. The third-order valence-corrected chi connectivity index (χ3v) is 4.93. The zero-order valence-electron chi connectivity index (χ0n) is 10.6. The first-order chi connectivity index (χ1) is 9.73. The molecule has 1 amide bonds. The van der Waals surface area contributed by atoms with Crippen molar-refractivity contribution in [2.45, 2.75) is 11.0 Å². The summed E-state index contributed by atoms with van der Waals surface area (Å²) >= 11 is 0. The van der Waals surface area contributed by atoms with Gasteiger partial charge in [0.1, 0.15) is 5.25 Å². The molecule has 0 saturated carbocycles. The van der Waals surface area contributed by atoms with E-state index in [1.165, 1.54) is 18.2 Å². The van der Waals surface area contributed by atoms with Crippen molar-refractivity contribution in [2.75, 3.05) is 13.1 Å². The van der Waals surface area contributed by atoms with Gasteiger partial charge in [-0.1, -0.05) is 6.07 Å². The lowest BCUT2D eigenvalue weighted by Gasteiger charge is -2.38. The SMILES string of the molecule is O=C(O)c1cccc(C(=O)N2CC(S(=O)(=O)C(F)F)C2)c1. The molecule has 0 atom stereocenters. The third kappa shape index (κ3) is 2.87. The fourth-order valence-electron chi connectivity index (χ4n) is 1.93. The van der Waals surface area contributed by atoms with Crippen LogP contribution in [0.5, 0.6) is 0 Å². The molecule has 21 heavy (non-hydrogen) atoms. The molecule has 1 saturated heterocycles. The van der Waals surface area contributed by atoms with Crippen LogP contribution < -0.4 is 0 Å². The van der Waals surface area contributed by atoms with E-state index < -0.39 is 32.7 Å². The first-order valence-electron chi connectivity index (χ1n) is 5.87. The summed E-state index contributed by atoms with van der Waals surface area (Å²) < 4.78 is 47.0. The summed E-state index contributed by atoms with van der Waals surface area (Å²) in [7, 11) is -4.53. The van der Waals surface area contributed by atoms with Crippen LogP contribution in [-0.4, -0.2) is 54.4 Å². The summed E-state index contributed by atoms with van der Waals surface area (Å²) in [5, 5.41) is 7.55. The number of hydrogen-bond acceptors (Lipinski definition) is 4. The number of sulfone groups is 1. The Kier molecular flexibility index (Phi) is 3.95. The summed E-state index contributed by atoms with van der Waals surface area (Å²) in [6.45, 7) is -0.633. The lowest BCUT2D eigenvalue weighted by Crippen LogP contribution is -2.57. The van der Waals surface area contributed by atoms with Gasteiger partial charge in [0.15, 0.2) is 0 Å². The van der Waals surface area contributed by atoms with Crippen LogP contribution in [0.25, 0.3) is 0 Å². The quantitative estimate of drug-likeness (QED) is 0.888. The molecule has 2 rings (SSSR count). The molecule has 1 aliphatic rings. The summed E-state index contributed by atoms with van der Waals surface area (Å²) in [4.78, 5) is 23.9. The van der Waals surface area contributed by atoms with Crippen LogP contribution in [0.2, 0.25) is 0 Å². The molecule has 1 aromatic rings. The maximum absolute atomic E-state index is 12.3. The lowest BCUT2D eigenvalue weighted by molar-refractivity contribution is 0.0653. The molecule has 0 unspecified atom stereocenters. The number of carboxylic acid groups (broad SMARTS) is 1. The van der Waals surface area contributed by atoms with Gasteiger partial charge in [-0.25, -0.2) is 13.2 Å². The molecule has 0 bridgehead atoms. The zero-order chi connectivity index (χ0) is 15.8. The molecule has 6 nitrogen and oxygen atoms in total. The topological polar surface area (TPSA) is 91.8 Å². The number of amides is 1. The highest BCUT2D eigenvalue weighted by Crippen LogP contribution is 2.23. The number of rotatable bonds is 4. The summed E-state index contributed by atoms with van der Waals surface area (Å²) in [6.07, 6.45) is 0. The first kappa shape index (κ1) is 15.4. The van der Waals surface area contributed by atoms with Gasteiger partial charge >= 0.3 is 11.7 Å². The maximum Gasteiger partial charge on any atom is 0.337 e. The standard InChI is InChI=1S/C12H11F2NO5S/c13-12(14)21(19,20)9-5-15(6-9)10(16)7-2-1-3-8(4-7)11(17)18/h1-4,9,12H,5-6H2,(H,17,18). The Morgan fingerprint density at radius 2 is 1.81 bits per heavy atom. The number of alkyl halides is 2. The van der Waals surface area contributed by atoms with E-state index in [-0.39, 0.29) is 24.2 Å². The van der Waals surface area contributed by atoms with Gasteiger partial charge in [-0.15, -0.1) is 0 Å². The van der Waals surface area contributed by atoms with E-state index in [0.717, 1.165) is 11.0 Å². The van der Waals surface area contributed by atoms with Crippen molar-refractivity contribution in [3.8, 4) is 0 Å². The van der Waals surface area contributed by atoms with E-state index in [9.17, 15) is 26.8 Å². The molecule has 114 valence electrons. The summed E-state index contributed by atoms with van der Waals surface area (Å²) in [5.74, 6) is -5.25. The van der Waals surface area contributed by atoms with Gasteiger partial charge in [-0.2, -0.15) is 8.78 Å². The van der Waals surface area contributed by atoms with Gasteiger partial charge in [0.05, 0.1) is 5.56 Å². The van der Waals surface area contributed by atoms with Crippen molar-refractivity contribution in [1.82, 2.24) is 4.90 Å². The van der Waals surface area contributed by atoms with Gasteiger partial charge in [0.2, 0.25) is 9.84 Å². The number of likely N-dealkylation sites (tertiary alicyclic amines) is 1. The van der Waals surface area contributed by atoms with Gasteiger partial charge in [-0.05, 0) is 18.2 Å². The van der Waals surface area contributed by atoms with E-state index in [1.54, 1.807) is 0 Å². The van der Waals surface area contributed by atoms with E-state index >= 15 is 0 Å². The average molecular weight is 319 g/mol. The number of hydrogen-bond donors (Lipinski definition) is 1. The van der Waals surface area contributed by atoms with Gasteiger partial charge in [0, 0.05) is 18.7 Å². The average Bonchev–Trinajstić information content (AvgIpc) is 2.36. The fraction of sp³-hybridized carbons (Fsp3) is 0.333. The van der Waals surface area contributed by atoms with Crippen molar-refractivity contribution < 1.29 is 31.9 Å². The summed E-state index contributed by atoms with van der Waals surface area (Å²) in [6, 6.07) is 5.21. The molecule has 0 radical (unpaired) electrons. The van der Waals surface area contributed by atoms with Gasteiger partial charge < -0.3 is 10.0 Å². The zero-order valence-corrected chi connectivity index (χ0v) is 11.4. The minimum absolute atomic E-state index is 0.0720. The Balaban J connectivity index is 2.08. The van der Waals surface area contributed by atoms with E-state index in [0.29, 0.717) is 0 Å². The largest absolute Gasteiger partial charge is 0.478 e. The molecule has 1 heterocycles. The Hall–Kier alpha value is -2.03. The van der Waals surface area contributed by atoms with Crippen molar-refractivity contribution in [3.63, 3.8) is 0 Å². The molecule has 1 fully saturated rings. The second kappa shape index (κ2) is 5.40. The predicted octanol–water partition coefficient (Wildman–Crippen LogP) is 0.847. The van der Waals surface area contributed by atoms with Crippen molar-refractivity contribution in [1.29, 1.82) is 0 Å². The normalized spacial score (nSPS) is 15.9. The third-order valence-electron chi connectivity index (χ3n) is 3.20.